The van der Waals surface area contributed by atoms with E-state index in [1.807, 2.05) is 32.9 Å². The number of hydrogen-bond donors (Lipinski definition) is 0. The highest BCUT2D eigenvalue weighted by atomic mass is 35.5. The van der Waals surface area contributed by atoms with E-state index in [4.69, 9.17) is 34.8 Å². The van der Waals surface area contributed by atoms with Crippen molar-refractivity contribution in [3.63, 3.8) is 0 Å². The number of carbonyl (C=O) groups is 1. The molecule has 126 valence electrons. The molecule has 0 aliphatic carbocycles. The van der Waals surface area contributed by atoms with E-state index >= 15 is 0 Å². The molecule has 0 spiro atoms. The number of hydrogen-bond acceptors (Lipinski definition) is 2. The molecule has 0 saturated heterocycles. The molecule has 0 unspecified atom stereocenters. The molecular formula is C18H17Cl3N2O. The molecule has 0 heterocycles. The molecule has 0 aliphatic rings. The number of nitrogens with zero attached hydrogens (tertiary/aromatic N) is 2. The topological polar surface area (TPSA) is 32.7 Å². The van der Waals surface area contributed by atoms with Crippen LogP contribution in [0.5, 0.6) is 0 Å². The fourth-order valence-electron chi connectivity index (χ4n) is 2.04. The maximum Gasteiger partial charge on any atom is 0.274 e. The van der Waals surface area contributed by atoms with Crippen molar-refractivity contribution >= 4 is 46.9 Å². The summed E-state index contributed by atoms with van der Waals surface area (Å²) in [6.45, 7) is 5.69. The lowest BCUT2D eigenvalue weighted by Gasteiger charge is -2.31. The summed E-state index contributed by atoms with van der Waals surface area (Å²) in [5, 5.41) is 7.16. The van der Waals surface area contributed by atoms with Crippen LogP contribution in [0, 0.1) is 0 Å². The van der Waals surface area contributed by atoms with Gasteiger partial charge in [0.1, 0.15) is 0 Å². The van der Waals surface area contributed by atoms with Crippen LogP contribution >= 0.6 is 34.8 Å². The fourth-order valence-corrected chi connectivity index (χ4v) is 2.77. The quantitative estimate of drug-likeness (QED) is 0.478. The highest BCUT2D eigenvalue weighted by molar-refractivity contribution is 6.35. The molecule has 0 radical (unpaired) electrons. The Kier molecular flexibility index (Phi) is 5.92. The molecule has 0 fully saturated rings. The lowest BCUT2D eigenvalue weighted by Crippen LogP contribution is -2.42. The van der Waals surface area contributed by atoms with Gasteiger partial charge in [0.2, 0.25) is 0 Å². The first-order valence-corrected chi connectivity index (χ1v) is 8.40. The largest absolute Gasteiger partial charge is 0.274 e. The lowest BCUT2D eigenvalue weighted by atomic mass is 10.1. The predicted octanol–water partition coefficient (Wildman–Crippen LogP) is 5.92. The van der Waals surface area contributed by atoms with Crippen molar-refractivity contribution in [2.45, 2.75) is 26.3 Å². The molecular weight excluding hydrogens is 367 g/mol. The van der Waals surface area contributed by atoms with Gasteiger partial charge in [0, 0.05) is 20.6 Å². The average Bonchev–Trinajstić information content (AvgIpc) is 2.45. The van der Waals surface area contributed by atoms with E-state index in [2.05, 4.69) is 5.10 Å². The summed E-state index contributed by atoms with van der Waals surface area (Å²) in [5.74, 6) is -0.287. The molecule has 0 N–H and O–H groups in total. The Labute approximate surface area is 156 Å². The lowest BCUT2D eigenvalue weighted by molar-refractivity contribution is 0.0593. The highest BCUT2D eigenvalue weighted by Crippen LogP contribution is 2.23. The van der Waals surface area contributed by atoms with Crippen LogP contribution in [0.25, 0.3) is 0 Å². The van der Waals surface area contributed by atoms with E-state index < -0.39 is 5.54 Å². The molecule has 3 nitrogen and oxygen atoms in total. The summed E-state index contributed by atoms with van der Waals surface area (Å²) in [6.07, 6.45) is 1.60. The van der Waals surface area contributed by atoms with Gasteiger partial charge >= 0.3 is 0 Å². The van der Waals surface area contributed by atoms with E-state index in [1.165, 1.54) is 5.01 Å². The van der Waals surface area contributed by atoms with Gasteiger partial charge in [-0.05, 0) is 56.7 Å². The Bertz CT molecular complexity index is 762. The molecule has 0 aliphatic heterocycles. The van der Waals surface area contributed by atoms with Crippen molar-refractivity contribution in [1.29, 1.82) is 0 Å². The smallest absolute Gasteiger partial charge is 0.267 e. The zero-order valence-electron chi connectivity index (χ0n) is 13.6. The molecule has 0 bridgehead atoms. The van der Waals surface area contributed by atoms with E-state index in [1.54, 1.807) is 36.5 Å². The monoisotopic (exact) mass is 382 g/mol. The minimum absolute atomic E-state index is 0.287. The van der Waals surface area contributed by atoms with Gasteiger partial charge in [-0.2, -0.15) is 5.10 Å². The van der Waals surface area contributed by atoms with Crippen LogP contribution in [0.15, 0.2) is 47.6 Å². The van der Waals surface area contributed by atoms with E-state index in [-0.39, 0.29) is 5.91 Å². The summed E-state index contributed by atoms with van der Waals surface area (Å²) < 4.78 is 0. The van der Waals surface area contributed by atoms with Crippen LogP contribution in [0.3, 0.4) is 0 Å². The van der Waals surface area contributed by atoms with Crippen molar-refractivity contribution in [3.8, 4) is 0 Å². The summed E-state index contributed by atoms with van der Waals surface area (Å²) in [4.78, 5) is 12.9. The first-order valence-electron chi connectivity index (χ1n) is 7.27. The van der Waals surface area contributed by atoms with Crippen LogP contribution in [-0.4, -0.2) is 22.7 Å². The molecule has 0 atom stereocenters. The minimum Gasteiger partial charge on any atom is -0.267 e. The van der Waals surface area contributed by atoms with Crippen LogP contribution in [0.1, 0.15) is 36.7 Å². The van der Waals surface area contributed by atoms with Crippen molar-refractivity contribution in [1.82, 2.24) is 5.01 Å². The number of amides is 1. The molecule has 1 amide bonds. The Morgan fingerprint density at radius 3 is 2.17 bits per heavy atom. The highest BCUT2D eigenvalue weighted by Gasteiger charge is 2.27. The maximum atomic E-state index is 12.9. The summed E-state index contributed by atoms with van der Waals surface area (Å²) >= 11 is 18.0. The third-order valence-electron chi connectivity index (χ3n) is 3.11. The van der Waals surface area contributed by atoms with E-state index in [0.717, 1.165) is 5.56 Å². The third-order valence-corrected chi connectivity index (χ3v) is 3.78. The minimum atomic E-state index is -0.527. The molecule has 24 heavy (non-hydrogen) atoms. The van der Waals surface area contributed by atoms with Gasteiger partial charge in [0.05, 0.1) is 11.8 Å². The van der Waals surface area contributed by atoms with Crippen molar-refractivity contribution in [2.24, 2.45) is 5.10 Å². The van der Waals surface area contributed by atoms with Gasteiger partial charge in [-0.25, -0.2) is 5.01 Å². The van der Waals surface area contributed by atoms with Gasteiger partial charge in [-0.3, -0.25) is 4.79 Å². The fraction of sp³-hybridized carbons (Fsp3) is 0.222. The van der Waals surface area contributed by atoms with Crippen LogP contribution in [0.2, 0.25) is 15.1 Å². The van der Waals surface area contributed by atoms with Gasteiger partial charge in [0.15, 0.2) is 0 Å². The summed E-state index contributed by atoms with van der Waals surface area (Å²) in [6, 6.07) is 12.0. The first kappa shape index (κ1) is 18.8. The van der Waals surface area contributed by atoms with Crippen molar-refractivity contribution in [2.75, 3.05) is 0 Å². The van der Waals surface area contributed by atoms with E-state index in [9.17, 15) is 4.79 Å². The molecule has 2 rings (SSSR count). The molecule has 2 aromatic carbocycles. The number of rotatable bonds is 3. The Morgan fingerprint density at radius 2 is 1.62 bits per heavy atom. The normalized spacial score (nSPS) is 11.8. The predicted molar refractivity (Wildman–Crippen MR) is 101 cm³/mol. The van der Waals surface area contributed by atoms with Gasteiger partial charge in [-0.1, -0.05) is 46.9 Å². The Balaban J connectivity index is 2.36. The van der Waals surface area contributed by atoms with Gasteiger partial charge in [-0.15, -0.1) is 0 Å². The van der Waals surface area contributed by atoms with Gasteiger partial charge in [0.25, 0.3) is 5.91 Å². The van der Waals surface area contributed by atoms with E-state index in [0.29, 0.717) is 20.6 Å². The number of benzene rings is 2. The van der Waals surface area contributed by atoms with Crippen molar-refractivity contribution < 1.29 is 4.79 Å². The number of carbonyl (C=O) groups excluding carboxylic acids is 1. The molecule has 2 aromatic rings. The number of hydrazone groups is 1. The Morgan fingerprint density at radius 1 is 1.00 bits per heavy atom. The third kappa shape index (κ3) is 4.97. The second kappa shape index (κ2) is 7.56. The molecule has 6 heteroatoms. The molecule has 0 aromatic heterocycles. The van der Waals surface area contributed by atoms with Crippen LogP contribution in [-0.2, 0) is 0 Å². The summed E-state index contributed by atoms with van der Waals surface area (Å²) in [5.41, 5.74) is 0.653. The van der Waals surface area contributed by atoms with Gasteiger partial charge < -0.3 is 0 Å². The maximum absolute atomic E-state index is 12.9. The second-order valence-corrected chi connectivity index (χ2v) is 7.55. The zero-order valence-corrected chi connectivity index (χ0v) is 15.8. The number of halogens is 3. The zero-order chi connectivity index (χ0) is 17.9. The SMILES string of the molecule is CC(C)(C)N(/N=C/c1cccc(Cl)c1)C(=O)c1cc(Cl)cc(Cl)c1. The van der Waals surface area contributed by atoms with Crippen LogP contribution < -0.4 is 0 Å². The van der Waals surface area contributed by atoms with Crippen LogP contribution in [0.4, 0.5) is 0 Å². The second-order valence-electron chi connectivity index (χ2n) is 6.25. The standard InChI is InChI=1S/C18H17Cl3N2O/c1-18(2,3)23(22-11-12-5-4-6-14(19)7-12)17(24)13-8-15(20)10-16(21)9-13/h4-11H,1-3H3/b22-11+. The average molecular weight is 384 g/mol. The Hall–Kier alpha value is -1.55. The van der Waals surface area contributed by atoms with Crippen molar-refractivity contribution in [3.05, 3.63) is 68.7 Å². The first-order chi connectivity index (χ1) is 11.2. The molecule has 0 saturated carbocycles. The summed E-state index contributed by atoms with van der Waals surface area (Å²) in [7, 11) is 0.